The second-order valence-electron chi connectivity index (χ2n) is 3.33. The highest BCUT2D eigenvalue weighted by molar-refractivity contribution is 9.10. The van der Waals surface area contributed by atoms with Gasteiger partial charge in [-0.15, -0.1) is 0 Å². The Morgan fingerprint density at radius 3 is 2.94 bits per heavy atom. The quantitative estimate of drug-likeness (QED) is 0.876. The summed E-state index contributed by atoms with van der Waals surface area (Å²) in [6, 6.07) is 3.37. The molecule has 0 saturated carbocycles. The average Bonchev–Trinajstić information content (AvgIpc) is 2.70. The first-order valence-electron chi connectivity index (χ1n) is 4.66. The third kappa shape index (κ3) is 1.74. The summed E-state index contributed by atoms with van der Waals surface area (Å²) in [4.78, 5) is 11.0. The van der Waals surface area contributed by atoms with Crippen LogP contribution in [0.15, 0.2) is 16.6 Å². The molecule has 0 amide bonds. The molecule has 1 aliphatic rings. The fraction of sp³-hybridized carbons (Fsp3) is 0.300. The average molecular weight is 288 g/mol. The summed E-state index contributed by atoms with van der Waals surface area (Å²) in [5, 5.41) is 9.03. The molecule has 0 spiro atoms. The van der Waals surface area contributed by atoms with E-state index in [0.29, 0.717) is 21.5 Å². The number of hydrogen-bond donors (Lipinski definition) is 2. The van der Waals surface area contributed by atoms with E-state index < -0.39 is 11.9 Å². The number of nitrogens with two attached hydrogens (primary N) is 1. The van der Waals surface area contributed by atoms with Crippen molar-refractivity contribution < 1.29 is 19.4 Å². The Morgan fingerprint density at radius 1 is 1.56 bits per heavy atom. The molecule has 16 heavy (non-hydrogen) atoms. The second kappa shape index (κ2) is 4.31. The molecular weight excluding hydrogens is 278 g/mol. The number of fused-ring (bicyclic) bond motifs is 1. The van der Waals surface area contributed by atoms with Crippen LogP contribution in [0.25, 0.3) is 0 Å². The maximum Gasteiger partial charge on any atom is 0.312 e. The van der Waals surface area contributed by atoms with Gasteiger partial charge >= 0.3 is 5.97 Å². The number of carboxylic acids is 1. The monoisotopic (exact) mass is 287 g/mol. The molecule has 86 valence electrons. The van der Waals surface area contributed by atoms with Gasteiger partial charge in [-0.05, 0) is 27.6 Å². The van der Waals surface area contributed by atoms with Crippen LogP contribution in [0, 0.1) is 0 Å². The predicted octanol–water partition coefficient (Wildman–Crippen LogP) is 1.30. The van der Waals surface area contributed by atoms with Gasteiger partial charge in [-0.1, -0.05) is 6.07 Å². The summed E-state index contributed by atoms with van der Waals surface area (Å²) in [6.45, 7) is 0.186. The zero-order valence-electron chi connectivity index (χ0n) is 8.27. The van der Waals surface area contributed by atoms with Crippen LogP contribution in [0.4, 0.5) is 0 Å². The summed E-state index contributed by atoms with van der Waals surface area (Å²) in [6.07, 6.45) is 0. The molecule has 1 heterocycles. The summed E-state index contributed by atoms with van der Waals surface area (Å²) in [5.41, 5.74) is 6.04. The van der Waals surface area contributed by atoms with Crippen molar-refractivity contribution in [1.29, 1.82) is 0 Å². The molecule has 2 rings (SSSR count). The Hall–Kier alpha value is -1.27. The summed E-state index contributed by atoms with van der Waals surface area (Å²) < 4.78 is 11.0. The Balaban J connectivity index is 2.46. The van der Waals surface area contributed by atoms with E-state index in [1.54, 1.807) is 12.1 Å². The van der Waals surface area contributed by atoms with Gasteiger partial charge in [-0.25, -0.2) is 0 Å². The molecule has 1 aromatic rings. The van der Waals surface area contributed by atoms with Gasteiger partial charge in [0, 0.05) is 6.54 Å². The number of aliphatic carboxylic acids is 1. The number of ether oxygens (including phenoxy) is 2. The molecule has 1 aliphatic heterocycles. The van der Waals surface area contributed by atoms with Crippen LogP contribution in [-0.2, 0) is 4.79 Å². The Kier molecular flexibility index (Phi) is 3.02. The molecule has 0 aliphatic carbocycles. The van der Waals surface area contributed by atoms with Crippen LogP contribution >= 0.6 is 15.9 Å². The van der Waals surface area contributed by atoms with Crippen molar-refractivity contribution >= 4 is 21.9 Å². The lowest BCUT2D eigenvalue weighted by molar-refractivity contribution is -0.138. The van der Waals surface area contributed by atoms with E-state index in [0.717, 1.165) is 0 Å². The maximum atomic E-state index is 11.0. The molecular formula is C10H10BrNO4. The highest BCUT2D eigenvalue weighted by Gasteiger charge is 2.26. The molecule has 3 N–H and O–H groups in total. The van der Waals surface area contributed by atoms with Gasteiger partial charge in [0.1, 0.15) is 0 Å². The van der Waals surface area contributed by atoms with Crippen molar-refractivity contribution in [2.45, 2.75) is 5.92 Å². The SMILES string of the molecule is NCC(C(=O)O)c1ccc2c(c1Br)OCO2. The Bertz CT molecular complexity index is 435. The first-order valence-corrected chi connectivity index (χ1v) is 5.45. The van der Waals surface area contributed by atoms with Gasteiger partial charge in [0.2, 0.25) is 6.79 Å². The van der Waals surface area contributed by atoms with E-state index >= 15 is 0 Å². The van der Waals surface area contributed by atoms with E-state index in [4.69, 9.17) is 20.3 Å². The fourth-order valence-electron chi connectivity index (χ4n) is 1.58. The van der Waals surface area contributed by atoms with Gasteiger partial charge in [0.25, 0.3) is 0 Å². The van der Waals surface area contributed by atoms with Crippen LogP contribution in [-0.4, -0.2) is 24.4 Å². The molecule has 1 atom stereocenters. The van der Waals surface area contributed by atoms with E-state index in [1.807, 2.05) is 0 Å². The van der Waals surface area contributed by atoms with Gasteiger partial charge < -0.3 is 20.3 Å². The summed E-state index contributed by atoms with van der Waals surface area (Å²) in [5.74, 6) is -0.556. The first kappa shape index (κ1) is 11.2. The molecule has 1 aromatic carbocycles. The third-order valence-corrected chi connectivity index (χ3v) is 3.24. The Labute approximate surface area is 100 Å². The molecule has 1 unspecified atom stereocenters. The highest BCUT2D eigenvalue weighted by atomic mass is 79.9. The van der Waals surface area contributed by atoms with Gasteiger partial charge in [-0.3, -0.25) is 4.79 Å². The molecule has 6 heteroatoms. The number of rotatable bonds is 3. The van der Waals surface area contributed by atoms with Crippen LogP contribution < -0.4 is 15.2 Å². The van der Waals surface area contributed by atoms with E-state index in [1.165, 1.54) is 0 Å². The number of carboxylic acid groups (broad SMARTS) is 1. The predicted molar refractivity (Wildman–Crippen MR) is 59.7 cm³/mol. The molecule has 0 fully saturated rings. The number of halogens is 1. The van der Waals surface area contributed by atoms with Crippen LogP contribution in [0.1, 0.15) is 11.5 Å². The van der Waals surface area contributed by atoms with E-state index in [9.17, 15) is 4.79 Å². The lowest BCUT2D eigenvalue weighted by atomic mass is 9.99. The second-order valence-corrected chi connectivity index (χ2v) is 4.12. The zero-order valence-corrected chi connectivity index (χ0v) is 9.86. The molecule has 0 aromatic heterocycles. The van der Waals surface area contributed by atoms with Crippen molar-refractivity contribution in [3.8, 4) is 11.5 Å². The minimum absolute atomic E-state index is 0.0353. The standard InChI is InChI=1S/C10H10BrNO4/c11-8-5(6(3-12)10(13)14)1-2-7-9(8)16-4-15-7/h1-2,6H,3-4,12H2,(H,13,14). The lowest BCUT2D eigenvalue weighted by Crippen LogP contribution is -2.21. The van der Waals surface area contributed by atoms with Crippen LogP contribution in [0.3, 0.4) is 0 Å². The van der Waals surface area contributed by atoms with Crippen molar-refractivity contribution in [3.05, 3.63) is 22.2 Å². The van der Waals surface area contributed by atoms with E-state index in [2.05, 4.69) is 15.9 Å². The van der Waals surface area contributed by atoms with Crippen LogP contribution in [0.5, 0.6) is 11.5 Å². The minimum Gasteiger partial charge on any atom is -0.481 e. The van der Waals surface area contributed by atoms with Gasteiger partial charge in [-0.2, -0.15) is 0 Å². The topological polar surface area (TPSA) is 81.8 Å². The zero-order chi connectivity index (χ0) is 11.7. The van der Waals surface area contributed by atoms with Crippen molar-refractivity contribution in [2.75, 3.05) is 13.3 Å². The normalized spacial score (nSPS) is 14.9. The molecule has 0 radical (unpaired) electrons. The smallest absolute Gasteiger partial charge is 0.312 e. The Morgan fingerprint density at radius 2 is 2.31 bits per heavy atom. The lowest BCUT2D eigenvalue weighted by Gasteiger charge is -2.13. The molecule has 0 saturated heterocycles. The number of carbonyl (C=O) groups is 1. The maximum absolute atomic E-state index is 11.0. The van der Waals surface area contributed by atoms with Crippen molar-refractivity contribution in [1.82, 2.24) is 0 Å². The molecule has 5 nitrogen and oxygen atoms in total. The summed E-state index contributed by atoms with van der Waals surface area (Å²) in [7, 11) is 0. The van der Waals surface area contributed by atoms with Gasteiger partial charge in [0.15, 0.2) is 11.5 Å². The minimum atomic E-state index is -0.956. The fourth-order valence-corrected chi connectivity index (χ4v) is 2.30. The van der Waals surface area contributed by atoms with Crippen molar-refractivity contribution in [2.24, 2.45) is 5.73 Å². The van der Waals surface area contributed by atoms with Gasteiger partial charge in [0.05, 0.1) is 10.4 Å². The number of hydrogen-bond acceptors (Lipinski definition) is 4. The molecule has 0 bridgehead atoms. The third-order valence-electron chi connectivity index (χ3n) is 2.42. The van der Waals surface area contributed by atoms with Crippen molar-refractivity contribution in [3.63, 3.8) is 0 Å². The van der Waals surface area contributed by atoms with E-state index in [-0.39, 0.29) is 13.3 Å². The highest BCUT2D eigenvalue weighted by Crippen LogP contribution is 2.43. The number of benzene rings is 1. The van der Waals surface area contributed by atoms with Crippen LogP contribution in [0.2, 0.25) is 0 Å². The first-order chi connectivity index (χ1) is 7.65. The summed E-state index contributed by atoms with van der Waals surface area (Å²) >= 11 is 3.32. The largest absolute Gasteiger partial charge is 0.481 e.